The van der Waals surface area contributed by atoms with Gasteiger partial charge in [0.05, 0.1) is 17.8 Å². The quantitative estimate of drug-likeness (QED) is 0.800. The molecule has 1 aromatic carbocycles. The van der Waals surface area contributed by atoms with E-state index in [4.69, 9.17) is 15.7 Å². The van der Waals surface area contributed by atoms with Crippen molar-refractivity contribution in [3.8, 4) is 22.9 Å². The smallest absolute Gasteiger partial charge is 0.138 e. The van der Waals surface area contributed by atoms with Crippen molar-refractivity contribution in [1.29, 1.82) is 5.26 Å². The lowest BCUT2D eigenvalue weighted by Gasteiger charge is -2.09. The number of nitrogens with two attached hydrogens (primary N) is 1. The largest absolute Gasteiger partial charge is 0.487 e. The second-order valence-corrected chi connectivity index (χ2v) is 4.94. The summed E-state index contributed by atoms with van der Waals surface area (Å²) in [5, 5.41) is 9.10. The van der Waals surface area contributed by atoms with Crippen molar-refractivity contribution >= 4 is 5.82 Å². The van der Waals surface area contributed by atoms with E-state index in [0.29, 0.717) is 23.7 Å². The Labute approximate surface area is 134 Å². The molecule has 0 amide bonds. The standard InChI is InChI=1S/C18H14N4O/c19-8-13-3-1-2-4-15(13)12-23-17-7-16(9-21-11-17)14-5-6-18(20)22-10-14/h1-7,9-11H,12H2,(H2,20,22). The van der Waals surface area contributed by atoms with Gasteiger partial charge in [0.15, 0.2) is 0 Å². The highest BCUT2D eigenvalue weighted by Crippen LogP contribution is 2.23. The third-order valence-electron chi connectivity index (χ3n) is 3.37. The summed E-state index contributed by atoms with van der Waals surface area (Å²) in [5.74, 6) is 1.11. The van der Waals surface area contributed by atoms with Crippen molar-refractivity contribution in [2.75, 3.05) is 5.73 Å². The van der Waals surface area contributed by atoms with Gasteiger partial charge in [-0.25, -0.2) is 4.98 Å². The van der Waals surface area contributed by atoms with Crippen LogP contribution in [-0.4, -0.2) is 9.97 Å². The Morgan fingerprint density at radius 3 is 2.70 bits per heavy atom. The van der Waals surface area contributed by atoms with Gasteiger partial charge in [0.2, 0.25) is 0 Å². The topological polar surface area (TPSA) is 84.8 Å². The summed E-state index contributed by atoms with van der Waals surface area (Å²) < 4.78 is 5.76. The molecule has 5 nitrogen and oxygen atoms in total. The molecule has 0 aliphatic heterocycles. The number of benzene rings is 1. The molecular formula is C18H14N4O. The lowest BCUT2D eigenvalue weighted by Crippen LogP contribution is -1.98. The van der Waals surface area contributed by atoms with Crippen LogP contribution in [0.5, 0.6) is 5.75 Å². The molecule has 112 valence electrons. The lowest BCUT2D eigenvalue weighted by atomic mass is 10.1. The van der Waals surface area contributed by atoms with Gasteiger partial charge in [-0.2, -0.15) is 5.26 Å². The number of pyridine rings is 2. The maximum atomic E-state index is 9.10. The first kappa shape index (κ1) is 14.5. The van der Waals surface area contributed by atoms with E-state index in [1.165, 1.54) is 0 Å². The van der Waals surface area contributed by atoms with Gasteiger partial charge in [-0.3, -0.25) is 4.98 Å². The molecule has 23 heavy (non-hydrogen) atoms. The lowest BCUT2D eigenvalue weighted by molar-refractivity contribution is 0.305. The van der Waals surface area contributed by atoms with E-state index < -0.39 is 0 Å². The Bertz CT molecular complexity index is 853. The van der Waals surface area contributed by atoms with Crippen LogP contribution in [0.1, 0.15) is 11.1 Å². The zero-order chi connectivity index (χ0) is 16.1. The predicted molar refractivity (Wildman–Crippen MR) is 87.4 cm³/mol. The summed E-state index contributed by atoms with van der Waals surface area (Å²) >= 11 is 0. The average Bonchev–Trinajstić information content (AvgIpc) is 2.61. The van der Waals surface area contributed by atoms with Gasteiger partial charge in [-0.05, 0) is 24.3 Å². The molecule has 0 unspecified atom stereocenters. The number of hydrogen-bond acceptors (Lipinski definition) is 5. The molecule has 5 heteroatoms. The van der Waals surface area contributed by atoms with Crippen molar-refractivity contribution in [2.45, 2.75) is 6.61 Å². The molecule has 0 fully saturated rings. The maximum absolute atomic E-state index is 9.10. The molecule has 0 radical (unpaired) electrons. The van der Waals surface area contributed by atoms with E-state index in [2.05, 4.69) is 16.0 Å². The predicted octanol–water partition coefficient (Wildman–Crippen LogP) is 3.18. The Hall–Kier alpha value is -3.39. The fourth-order valence-corrected chi connectivity index (χ4v) is 2.15. The first-order chi connectivity index (χ1) is 11.3. The minimum absolute atomic E-state index is 0.314. The van der Waals surface area contributed by atoms with Crippen LogP contribution in [0.25, 0.3) is 11.1 Å². The molecule has 3 rings (SSSR count). The van der Waals surface area contributed by atoms with Gasteiger partial charge < -0.3 is 10.5 Å². The number of nitriles is 1. The third kappa shape index (κ3) is 3.44. The average molecular weight is 302 g/mol. The zero-order valence-electron chi connectivity index (χ0n) is 12.3. The van der Waals surface area contributed by atoms with Crippen LogP contribution < -0.4 is 10.5 Å². The van der Waals surface area contributed by atoms with Crippen LogP contribution in [0.3, 0.4) is 0 Å². The minimum atomic E-state index is 0.314. The van der Waals surface area contributed by atoms with Gasteiger partial charge in [-0.15, -0.1) is 0 Å². The van der Waals surface area contributed by atoms with E-state index >= 15 is 0 Å². The Morgan fingerprint density at radius 2 is 1.91 bits per heavy atom. The van der Waals surface area contributed by atoms with Gasteiger partial charge in [0.1, 0.15) is 18.2 Å². The fraction of sp³-hybridized carbons (Fsp3) is 0.0556. The zero-order valence-corrected chi connectivity index (χ0v) is 12.3. The van der Waals surface area contributed by atoms with Gasteiger partial charge >= 0.3 is 0 Å². The fourth-order valence-electron chi connectivity index (χ4n) is 2.15. The second kappa shape index (κ2) is 6.58. The maximum Gasteiger partial charge on any atom is 0.138 e. The summed E-state index contributed by atoms with van der Waals surface area (Å²) in [6.07, 6.45) is 5.08. The van der Waals surface area contributed by atoms with Crippen LogP contribution in [0.4, 0.5) is 5.82 Å². The molecule has 3 aromatic rings. The van der Waals surface area contributed by atoms with Crippen LogP contribution in [-0.2, 0) is 6.61 Å². The van der Waals surface area contributed by atoms with Crippen LogP contribution in [0, 0.1) is 11.3 Å². The van der Waals surface area contributed by atoms with Crippen LogP contribution in [0.2, 0.25) is 0 Å². The SMILES string of the molecule is N#Cc1ccccc1COc1cncc(-c2ccc(N)nc2)c1. The highest BCUT2D eigenvalue weighted by Gasteiger charge is 2.04. The molecule has 0 saturated carbocycles. The summed E-state index contributed by atoms with van der Waals surface area (Å²) in [5.41, 5.74) is 8.85. The Morgan fingerprint density at radius 1 is 1.04 bits per heavy atom. The molecule has 2 N–H and O–H groups in total. The molecule has 0 bridgehead atoms. The van der Waals surface area contributed by atoms with E-state index in [9.17, 15) is 0 Å². The highest BCUT2D eigenvalue weighted by atomic mass is 16.5. The Balaban J connectivity index is 1.78. The van der Waals surface area contributed by atoms with Crippen molar-refractivity contribution in [3.63, 3.8) is 0 Å². The Kier molecular flexibility index (Phi) is 4.16. The van der Waals surface area contributed by atoms with Gasteiger partial charge in [0, 0.05) is 29.1 Å². The normalized spacial score (nSPS) is 10.0. The second-order valence-electron chi connectivity index (χ2n) is 4.94. The van der Waals surface area contributed by atoms with E-state index in [-0.39, 0.29) is 0 Å². The molecule has 2 aromatic heterocycles. The highest BCUT2D eigenvalue weighted by molar-refractivity contribution is 5.63. The number of ether oxygens (including phenoxy) is 1. The van der Waals surface area contributed by atoms with Crippen molar-refractivity contribution in [1.82, 2.24) is 9.97 Å². The van der Waals surface area contributed by atoms with Gasteiger partial charge in [0.25, 0.3) is 0 Å². The summed E-state index contributed by atoms with van der Waals surface area (Å²) in [6.45, 7) is 0.314. The van der Waals surface area contributed by atoms with Crippen LogP contribution >= 0.6 is 0 Å². The number of rotatable bonds is 4. The first-order valence-corrected chi connectivity index (χ1v) is 7.04. The molecule has 0 aliphatic carbocycles. The minimum Gasteiger partial charge on any atom is -0.487 e. The van der Waals surface area contributed by atoms with E-state index in [1.807, 2.05) is 30.3 Å². The van der Waals surface area contributed by atoms with Gasteiger partial charge in [-0.1, -0.05) is 18.2 Å². The number of hydrogen-bond donors (Lipinski definition) is 1. The number of nitrogen functional groups attached to an aromatic ring is 1. The third-order valence-corrected chi connectivity index (χ3v) is 3.37. The van der Waals surface area contributed by atoms with Crippen molar-refractivity contribution in [2.24, 2.45) is 0 Å². The number of aromatic nitrogens is 2. The first-order valence-electron chi connectivity index (χ1n) is 7.04. The summed E-state index contributed by atoms with van der Waals surface area (Å²) in [7, 11) is 0. The van der Waals surface area contributed by atoms with E-state index in [0.717, 1.165) is 16.7 Å². The van der Waals surface area contributed by atoms with Crippen molar-refractivity contribution in [3.05, 3.63) is 72.2 Å². The number of nitrogens with zero attached hydrogens (tertiary/aromatic N) is 3. The molecular weight excluding hydrogens is 288 g/mol. The molecule has 0 atom stereocenters. The monoisotopic (exact) mass is 302 g/mol. The summed E-state index contributed by atoms with van der Waals surface area (Å²) in [6, 6.07) is 15.0. The molecule has 0 saturated heterocycles. The molecule has 2 heterocycles. The molecule has 0 spiro atoms. The summed E-state index contributed by atoms with van der Waals surface area (Å²) in [4.78, 5) is 8.26. The van der Waals surface area contributed by atoms with Crippen LogP contribution in [0.15, 0.2) is 61.1 Å². The molecule has 0 aliphatic rings. The number of anilines is 1. The van der Waals surface area contributed by atoms with Crippen molar-refractivity contribution < 1.29 is 4.74 Å². The van der Waals surface area contributed by atoms with E-state index in [1.54, 1.807) is 30.7 Å².